The second-order valence-electron chi connectivity index (χ2n) is 2.19. The third-order valence-corrected chi connectivity index (χ3v) is 1.20. The van der Waals surface area contributed by atoms with Crippen molar-refractivity contribution in [2.75, 3.05) is 0 Å². The minimum absolute atomic E-state index is 0. The fourth-order valence-corrected chi connectivity index (χ4v) is 0.684. The van der Waals surface area contributed by atoms with E-state index in [9.17, 15) is 4.79 Å². The molecular weight excluding hydrogens is 219 g/mol. The second kappa shape index (κ2) is 4.78. The van der Waals surface area contributed by atoms with E-state index in [2.05, 4.69) is 11.4 Å². The van der Waals surface area contributed by atoms with E-state index in [-0.39, 0.29) is 38.5 Å². The number of oxazole rings is 1. The molecule has 0 saturated carbocycles. The number of rotatable bonds is 2. The molecule has 0 atom stereocenters. The van der Waals surface area contributed by atoms with E-state index in [1.54, 1.807) is 6.92 Å². The van der Waals surface area contributed by atoms with Crippen LogP contribution in [0, 0.1) is 13.3 Å². The number of hydrogen-bond donors (Lipinski definition) is 0. The molecule has 0 amide bonds. The summed E-state index contributed by atoms with van der Waals surface area (Å²) in [6.07, 6.45) is 2.67. The SMILES string of the molecule is CC(=O)Cc1n[c-]oc1C.[Y]. The van der Waals surface area contributed by atoms with Crippen molar-refractivity contribution in [1.82, 2.24) is 4.98 Å². The van der Waals surface area contributed by atoms with Gasteiger partial charge < -0.3 is 14.2 Å². The summed E-state index contributed by atoms with van der Waals surface area (Å²) in [4.78, 5) is 14.3. The quantitative estimate of drug-likeness (QED) is 0.705. The molecule has 0 aliphatic rings. The van der Waals surface area contributed by atoms with Crippen LogP contribution in [0.1, 0.15) is 18.4 Å². The molecule has 0 spiro atoms. The maximum atomic E-state index is 10.6. The number of Topliss-reactive ketones (excluding diaryl/α,β-unsaturated/α-hetero) is 1. The molecule has 4 heteroatoms. The first kappa shape index (κ1) is 11.0. The molecule has 3 nitrogen and oxygen atoms in total. The number of nitrogens with zero attached hydrogens (tertiary/aromatic N) is 1. The topological polar surface area (TPSA) is 43.1 Å². The molecule has 0 bridgehead atoms. The first-order chi connectivity index (χ1) is 4.70. The molecule has 57 valence electrons. The smallest absolute Gasteiger partial charge is 0.123 e. The van der Waals surface area contributed by atoms with Gasteiger partial charge in [-0.25, -0.2) is 0 Å². The van der Waals surface area contributed by atoms with Crippen LogP contribution in [-0.2, 0) is 43.9 Å². The Hall–Kier alpha value is -0.0161. The predicted molar refractivity (Wildman–Crippen MR) is 34.5 cm³/mol. The number of ketones is 1. The third-order valence-electron chi connectivity index (χ3n) is 1.20. The Morgan fingerprint density at radius 3 is 2.73 bits per heavy atom. The van der Waals surface area contributed by atoms with Gasteiger partial charge in [-0.3, -0.25) is 0 Å². The molecule has 11 heavy (non-hydrogen) atoms. The zero-order chi connectivity index (χ0) is 7.56. The van der Waals surface area contributed by atoms with E-state index >= 15 is 0 Å². The number of hydrogen-bond acceptors (Lipinski definition) is 3. The van der Waals surface area contributed by atoms with Crippen LogP contribution in [-0.4, -0.2) is 10.8 Å². The molecule has 1 radical (unpaired) electrons. The summed E-state index contributed by atoms with van der Waals surface area (Å²) in [5.74, 6) is 0.764. The summed E-state index contributed by atoms with van der Waals surface area (Å²) >= 11 is 0. The molecule has 0 saturated heterocycles. The van der Waals surface area contributed by atoms with Crippen LogP contribution in [0.25, 0.3) is 0 Å². The molecule has 0 unspecified atom stereocenters. The van der Waals surface area contributed by atoms with Crippen molar-refractivity contribution in [2.24, 2.45) is 0 Å². The summed E-state index contributed by atoms with van der Waals surface area (Å²) < 4.78 is 4.78. The first-order valence-electron chi connectivity index (χ1n) is 3.02. The fraction of sp³-hybridized carbons (Fsp3) is 0.429. The molecule has 0 fully saturated rings. The van der Waals surface area contributed by atoms with Gasteiger partial charge in [-0.1, -0.05) is 12.6 Å². The summed E-state index contributed by atoms with van der Waals surface area (Å²) in [7, 11) is 0. The minimum Gasteiger partial charge on any atom is -0.578 e. The van der Waals surface area contributed by atoms with E-state index in [4.69, 9.17) is 4.42 Å². The Labute approximate surface area is 90.5 Å². The molecule has 1 rings (SSSR count). The van der Waals surface area contributed by atoms with Gasteiger partial charge in [0.05, 0.1) is 0 Å². The van der Waals surface area contributed by atoms with Crippen molar-refractivity contribution in [3.63, 3.8) is 0 Å². The van der Waals surface area contributed by atoms with Crippen LogP contribution in [0.4, 0.5) is 0 Å². The van der Waals surface area contributed by atoms with Crippen molar-refractivity contribution in [1.29, 1.82) is 0 Å². The van der Waals surface area contributed by atoms with E-state index in [1.165, 1.54) is 6.92 Å². The number of carbonyl (C=O) groups excluding carboxylic acids is 1. The van der Waals surface area contributed by atoms with Crippen LogP contribution < -0.4 is 0 Å². The van der Waals surface area contributed by atoms with Crippen LogP contribution in [0.15, 0.2) is 4.42 Å². The maximum Gasteiger partial charge on any atom is 0.123 e. The first-order valence-corrected chi connectivity index (χ1v) is 3.02. The molecule has 1 heterocycles. The monoisotopic (exact) mass is 227 g/mol. The van der Waals surface area contributed by atoms with Gasteiger partial charge in [0.1, 0.15) is 12.2 Å². The largest absolute Gasteiger partial charge is 0.578 e. The molecule has 1 aromatic rings. The molecule has 0 N–H and O–H groups in total. The average Bonchev–Trinajstić information content (AvgIpc) is 2.15. The van der Waals surface area contributed by atoms with Gasteiger partial charge in [0.2, 0.25) is 0 Å². The Morgan fingerprint density at radius 2 is 2.36 bits per heavy atom. The predicted octanol–water partition coefficient (Wildman–Crippen LogP) is 0.912. The van der Waals surface area contributed by atoms with Crippen LogP contribution in [0.5, 0.6) is 0 Å². The maximum absolute atomic E-state index is 10.6. The molecule has 0 aliphatic carbocycles. The van der Waals surface area contributed by atoms with Crippen LogP contribution in [0.2, 0.25) is 0 Å². The summed E-state index contributed by atoms with van der Waals surface area (Å²) in [5, 5.41) is 0. The number of aromatic nitrogens is 1. The van der Waals surface area contributed by atoms with Gasteiger partial charge in [0.15, 0.2) is 0 Å². The van der Waals surface area contributed by atoms with E-state index in [0.29, 0.717) is 17.9 Å². The zero-order valence-electron chi connectivity index (χ0n) is 6.55. The van der Waals surface area contributed by atoms with Gasteiger partial charge in [-0.05, 0) is 19.1 Å². The van der Waals surface area contributed by atoms with E-state index < -0.39 is 0 Å². The molecule has 0 aromatic carbocycles. The number of aryl methyl sites for hydroxylation is 1. The minimum atomic E-state index is 0. The molecule has 1 aromatic heterocycles. The third kappa shape index (κ3) is 3.25. The Kier molecular flexibility index (Phi) is 4.77. The summed E-state index contributed by atoms with van der Waals surface area (Å²) in [5.41, 5.74) is 0.688. The normalized spacial score (nSPS) is 8.91. The van der Waals surface area contributed by atoms with Gasteiger partial charge in [0.25, 0.3) is 0 Å². The van der Waals surface area contributed by atoms with Gasteiger partial charge >= 0.3 is 0 Å². The van der Waals surface area contributed by atoms with E-state index in [0.717, 1.165) is 0 Å². The zero-order valence-corrected chi connectivity index (χ0v) is 9.39. The van der Waals surface area contributed by atoms with Crippen LogP contribution in [0.3, 0.4) is 0 Å². The number of carbonyl (C=O) groups is 1. The van der Waals surface area contributed by atoms with Gasteiger partial charge in [-0.2, -0.15) is 0 Å². The van der Waals surface area contributed by atoms with Crippen LogP contribution >= 0.6 is 0 Å². The van der Waals surface area contributed by atoms with Crippen molar-refractivity contribution >= 4 is 5.78 Å². The van der Waals surface area contributed by atoms with Gasteiger partial charge in [0, 0.05) is 32.7 Å². The summed E-state index contributed by atoms with van der Waals surface area (Å²) in [6.45, 7) is 3.29. The average molecular weight is 227 g/mol. The van der Waals surface area contributed by atoms with E-state index in [1.807, 2.05) is 0 Å². The van der Waals surface area contributed by atoms with Crippen molar-refractivity contribution in [3.8, 4) is 0 Å². The van der Waals surface area contributed by atoms with Crippen molar-refractivity contribution in [2.45, 2.75) is 20.3 Å². The van der Waals surface area contributed by atoms with Crippen molar-refractivity contribution < 1.29 is 41.9 Å². The fourth-order valence-electron chi connectivity index (χ4n) is 0.684. The molecule has 0 aliphatic heterocycles. The Balaban J connectivity index is 0.000001000. The van der Waals surface area contributed by atoms with Crippen molar-refractivity contribution in [3.05, 3.63) is 17.8 Å². The standard InChI is InChI=1S/C7H8NO2.Y/c1-5(9)3-7-6(2)10-4-8-7;/h3H2,1-2H3;/q-1;. The summed E-state index contributed by atoms with van der Waals surface area (Å²) in [6, 6.07) is 0. The molecular formula is C7H8NO2Y-. The Morgan fingerprint density at radius 1 is 1.73 bits per heavy atom. The second-order valence-corrected chi connectivity index (χ2v) is 2.19. The Bertz CT molecular complexity index is 244. The van der Waals surface area contributed by atoms with Gasteiger partial charge in [-0.15, -0.1) is 0 Å².